The highest BCUT2D eigenvalue weighted by Crippen LogP contribution is 2.36. The SMILES string of the molecule is Nc1ccc2occ(C(F)(F)F)c2c1. The van der Waals surface area contributed by atoms with Crippen LogP contribution >= 0.6 is 0 Å². The normalized spacial score (nSPS) is 12.2. The van der Waals surface area contributed by atoms with Crippen LogP contribution in [0.2, 0.25) is 0 Å². The summed E-state index contributed by atoms with van der Waals surface area (Å²) in [4.78, 5) is 0. The molecule has 0 fully saturated rings. The predicted molar refractivity (Wildman–Crippen MR) is 45.6 cm³/mol. The molecule has 0 spiro atoms. The Labute approximate surface area is 77.1 Å². The van der Waals surface area contributed by atoms with Crippen molar-refractivity contribution in [2.75, 3.05) is 5.73 Å². The number of furan rings is 1. The Morgan fingerprint density at radius 1 is 1.21 bits per heavy atom. The van der Waals surface area contributed by atoms with Crippen LogP contribution in [0.5, 0.6) is 0 Å². The van der Waals surface area contributed by atoms with Crippen LogP contribution in [-0.4, -0.2) is 0 Å². The summed E-state index contributed by atoms with van der Waals surface area (Å²) in [5, 5.41) is -0.00231. The summed E-state index contributed by atoms with van der Waals surface area (Å²) < 4.78 is 41.9. The Bertz CT molecular complexity index is 472. The lowest BCUT2D eigenvalue weighted by Gasteiger charge is -2.02. The summed E-state index contributed by atoms with van der Waals surface area (Å²) in [6.45, 7) is 0. The summed E-state index contributed by atoms with van der Waals surface area (Å²) in [6.07, 6.45) is -3.71. The van der Waals surface area contributed by atoms with Gasteiger partial charge in [0.1, 0.15) is 17.4 Å². The third kappa shape index (κ3) is 1.30. The molecule has 0 amide bonds. The maximum Gasteiger partial charge on any atom is 0.420 e. The monoisotopic (exact) mass is 201 g/mol. The van der Waals surface area contributed by atoms with E-state index in [1.54, 1.807) is 0 Å². The summed E-state index contributed by atoms with van der Waals surface area (Å²) in [5.74, 6) is 0. The predicted octanol–water partition coefficient (Wildman–Crippen LogP) is 3.03. The lowest BCUT2D eigenvalue weighted by Crippen LogP contribution is -2.03. The van der Waals surface area contributed by atoms with Crippen LogP contribution < -0.4 is 5.73 Å². The molecule has 0 bridgehead atoms. The van der Waals surface area contributed by atoms with Gasteiger partial charge in [0, 0.05) is 11.1 Å². The minimum Gasteiger partial charge on any atom is -0.464 e. The molecule has 0 unspecified atom stereocenters. The first kappa shape index (κ1) is 8.93. The van der Waals surface area contributed by atoms with Gasteiger partial charge in [0.05, 0.1) is 0 Å². The second-order valence-corrected chi connectivity index (χ2v) is 2.90. The van der Waals surface area contributed by atoms with E-state index in [2.05, 4.69) is 0 Å². The van der Waals surface area contributed by atoms with E-state index in [9.17, 15) is 13.2 Å². The zero-order valence-corrected chi connectivity index (χ0v) is 6.93. The quantitative estimate of drug-likeness (QED) is 0.665. The highest BCUT2D eigenvalue weighted by molar-refractivity contribution is 5.84. The molecule has 0 aliphatic heterocycles. The van der Waals surface area contributed by atoms with E-state index in [0.717, 1.165) is 0 Å². The van der Waals surface area contributed by atoms with Gasteiger partial charge in [-0.05, 0) is 18.2 Å². The molecule has 5 heteroatoms. The van der Waals surface area contributed by atoms with Crippen LogP contribution in [0.1, 0.15) is 5.56 Å². The van der Waals surface area contributed by atoms with Crippen molar-refractivity contribution in [3.8, 4) is 0 Å². The Balaban J connectivity index is 2.73. The van der Waals surface area contributed by atoms with Crippen LogP contribution in [0, 0.1) is 0 Å². The fourth-order valence-electron chi connectivity index (χ4n) is 1.27. The van der Waals surface area contributed by atoms with Gasteiger partial charge < -0.3 is 10.2 Å². The standard InChI is InChI=1S/C9H6F3NO/c10-9(11,12)7-4-14-8-2-1-5(13)3-6(7)8/h1-4H,13H2. The third-order valence-electron chi connectivity index (χ3n) is 1.90. The molecule has 2 aromatic rings. The van der Waals surface area contributed by atoms with Gasteiger partial charge in [-0.25, -0.2) is 0 Å². The van der Waals surface area contributed by atoms with E-state index in [-0.39, 0.29) is 16.7 Å². The van der Waals surface area contributed by atoms with Crippen molar-refractivity contribution in [2.45, 2.75) is 6.18 Å². The lowest BCUT2D eigenvalue weighted by atomic mass is 10.1. The fraction of sp³-hybridized carbons (Fsp3) is 0.111. The number of nitrogen functional groups attached to an aromatic ring is 1. The molecule has 1 aromatic heterocycles. The first-order valence-corrected chi connectivity index (χ1v) is 3.82. The average Bonchev–Trinajstić information content (AvgIpc) is 2.45. The number of halogens is 3. The number of hydrogen-bond donors (Lipinski definition) is 1. The third-order valence-corrected chi connectivity index (χ3v) is 1.90. The Morgan fingerprint density at radius 2 is 1.93 bits per heavy atom. The molecule has 74 valence electrons. The summed E-state index contributed by atoms with van der Waals surface area (Å²) in [5.41, 5.74) is 5.06. The van der Waals surface area contributed by atoms with Gasteiger partial charge in [-0.2, -0.15) is 13.2 Å². The molecule has 0 saturated carbocycles. The maximum atomic E-state index is 12.4. The van der Waals surface area contributed by atoms with Crippen molar-refractivity contribution in [1.29, 1.82) is 0 Å². The van der Waals surface area contributed by atoms with Gasteiger partial charge in [0.15, 0.2) is 0 Å². The first-order chi connectivity index (χ1) is 6.48. The number of alkyl halides is 3. The fourth-order valence-corrected chi connectivity index (χ4v) is 1.27. The van der Waals surface area contributed by atoms with Gasteiger partial charge in [0.25, 0.3) is 0 Å². The van der Waals surface area contributed by atoms with Crippen LogP contribution in [0.3, 0.4) is 0 Å². The molecule has 1 heterocycles. The molecule has 2 nitrogen and oxygen atoms in total. The molecule has 0 aliphatic carbocycles. The number of rotatable bonds is 0. The van der Waals surface area contributed by atoms with E-state index in [1.165, 1.54) is 18.2 Å². The number of nitrogens with two attached hydrogens (primary N) is 1. The second kappa shape index (κ2) is 2.67. The number of fused-ring (bicyclic) bond motifs is 1. The molecule has 0 atom stereocenters. The van der Waals surface area contributed by atoms with Crippen LogP contribution in [-0.2, 0) is 6.18 Å². The minimum absolute atomic E-state index is 0.00231. The molecular weight excluding hydrogens is 195 g/mol. The zero-order valence-electron chi connectivity index (χ0n) is 6.93. The van der Waals surface area contributed by atoms with Crippen molar-refractivity contribution in [1.82, 2.24) is 0 Å². The highest BCUT2D eigenvalue weighted by atomic mass is 19.4. The van der Waals surface area contributed by atoms with Gasteiger partial charge in [-0.1, -0.05) is 0 Å². The Hall–Kier alpha value is -1.65. The van der Waals surface area contributed by atoms with Crippen LogP contribution in [0.25, 0.3) is 11.0 Å². The van der Waals surface area contributed by atoms with Gasteiger partial charge in [-0.15, -0.1) is 0 Å². The van der Waals surface area contributed by atoms with E-state index in [1.807, 2.05) is 0 Å². The van der Waals surface area contributed by atoms with Gasteiger partial charge >= 0.3 is 6.18 Å². The van der Waals surface area contributed by atoms with Crippen molar-refractivity contribution in [3.63, 3.8) is 0 Å². The molecule has 2 N–H and O–H groups in total. The van der Waals surface area contributed by atoms with E-state index in [0.29, 0.717) is 6.26 Å². The van der Waals surface area contributed by atoms with E-state index < -0.39 is 11.7 Å². The van der Waals surface area contributed by atoms with E-state index >= 15 is 0 Å². The van der Waals surface area contributed by atoms with Crippen molar-refractivity contribution in [3.05, 3.63) is 30.0 Å². The molecule has 0 saturated heterocycles. The van der Waals surface area contributed by atoms with Crippen LogP contribution in [0.4, 0.5) is 18.9 Å². The zero-order chi connectivity index (χ0) is 10.3. The first-order valence-electron chi connectivity index (χ1n) is 3.82. The molecule has 1 aromatic carbocycles. The van der Waals surface area contributed by atoms with Crippen LogP contribution in [0.15, 0.2) is 28.9 Å². The molecule has 0 aliphatic rings. The summed E-state index contributed by atoms with van der Waals surface area (Å²) in [7, 11) is 0. The average molecular weight is 201 g/mol. The smallest absolute Gasteiger partial charge is 0.420 e. The lowest BCUT2D eigenvalue weighted by molar-refractivity contribution is -0.136. The highest BCUT2D eigenvalue weighted by Gasteiger charge is 2.34. The van der Waals surface area contributed by atoms with Gasteiger partial charge in [-0.3, -0.25) is 0 Å². The molecule has 0 radical (unpaired) electrons. The second-order valence-electron chi connectivity index (χ2n) is 2.90. The number of benzene rings is 1. The summed E-state index contributed by atoms with van der Waals surface area (Å²) >= 11 is 0. The van der Waals surface area contributed by atoms with Crippen molar-refractivity contribution < 1.29 is 17.6 Å². The van der Waals surface area contributed by atoms with Crippen molar-refractivity contribution in [2.24, 2.45) is 0 Å². The van der Waals surface area contributed by atoms with E-state index in [4.69, 9.17) is 10.2 Å². The molecular formula is C9H6F3NO. The topological polar surface area (TPSA) is 39.2 Å². The minimum atomic E-state index is -4.40. The molecule has 2 rings (SSSR count). The molecule has 14 heavy (non-hydrogen) atoms. The van der Waals surface area contributed by atoms with Crippen molar-refractivity contribution >= 4 is 16.7 Å². The van der Waals surface area contributed by atoms with Gasteiger partial charge in [0.2, 0.25) is 0 Å². The Morgan fingerprint density at radius 3 is 2.57 bits per heavy atom. The maximum absolute atomic E-state index is 12.4. The Kier molecular flexibility index (Phi) is 1.70. The summed E-state index contributed by atoms with van der Waals surface area (Å²) in [6, 6.07) is 4.16. The number of hydrogen-bond acceptors (Lipinski definition) is 2. The largest absolute Gasteiger partial charge is 0.464 e. The number of anilines is 1.